The Morgan fingerprint density at radius 2 is 1.86 bits per heavy atom. The van der Waals surface area contributed by atoms with Gasteiger partial charge in [-0.3, -0.25) is 9.69 Å². The standard InChI is InChI=1S/C22H19N3O2S2/c1-3-24-21(26)19(29-22(24)28)13-16-14-25(17-7-5-4-6-8-17)23-20(16)15-9-11-18(27-2)12-10-15/h4-14H,3H2,1-2H3/b19-13+. The molecule has 146 valence electrons. The van der Waals surface area contributed by atoms with E-state index in [0.29, 0.717) is 15.8 Å². The van der Waals surface area contributed by atoms with E-state index in [1.165, 1.54) is 11.8 Å². The average Bonchev–Trinajstić information content (AvgIpc) is 3.29. The minimum absolute atomic E-state index is 0.0596. The van der Waals surface area contributed by atoms with Crippen molar-refractivity contribution < 1.29 is 9.53 Å². The molecule has 0 N–H and O–H groups in total. The molecule has 0 saturated carbocycles. The molecule has 1 aliphatic heterocycles. The molecule has 0 aliphatic carbocycles. The minimum atomic E-state index is -0.0596. The molecule has 0 spiro atoms. The van der Waals surface area contributed by atoms with Crippen molar-refractivity contribution in [1.29, 1.82) is 0 Å². The predicted molar refractivity (Wildman–Crippen MR) is 121 cm³/mol. The zero-order valence-corrected chi connectivity index (χ0v) is 17.7. The van der Waals surface area contributed by atoms with Crippen LogP contribution in [0.5, 0.6) is 5.75 Å². The number of rotatable bonds is 5. The fraction of sp³-hybridized carbons (Fsp3) is 0.136. The van der Waals surface area contributed by atoms with E-state index >= 15 is 0 Å². The van der Waals surface area contributed by atoms with Gasteiger partial charge in [-0.2, -0.15) is 5.10 Å². The third-order valence-corrected chi connectivity index (χ3v) is 5.98. The molecule has 0 atom stereocenters. The molecule has 1 aliphatic rings. The van der Waals surface area contributed by atoms with E-state index < -0.39 is 0 Å². The molecule has 2 aromatic carbocycles. The Bertz CT molecular complexity index is 1090. The zero-order chi connectivity index (χ0) is 20.4. The van der Waals surface area contributed by atoms with Crippen LogP contribution in [0.15, 0.2) is 65.7 Å². The summed E-state index contributed by atoms with van der Waals surface area (Å²) < 4.78 is 7.68. The number of benzene rings is 2. The summed E-state index contributed by atoms with van der Waals surface area (Å²) in [4.78, 5) is 14.9. The molecule has 3 aromatic rings. The van der Waals surface area contributed by atoms with Gasteiger partial charge in [-0.25, -0.2) is 4.68 Å². The lowest BCUT2D eigenvalue weighted by molar-refractivity contribution is -0.121. The highest BCUT2D eigenvalue weighted by Crippen LogP contribution is 2.35. The van der Waals surface area contributed by atoms with Crippen molar-refractivity contribution in [2.75, 3.05) is 13.7 Å². The summed E-state index contributed by atoms with van der Waals surface area (Å²) in [5.74, 6) is 0.720. The van der Waals surface area contributed by atoms with Gasteiger partial charge in [0.25, 0.3) is 5.91 Å². The summed E-state index contributed by atoms with van der Waals surface area (Å²) in [7, 11) is 1.64. The van der Waals surface area contributed by atoms with Crippen LogP contribution in [0.1, 0.15) is 12.5 Å². The highest BCUT2D eigenvalue weighted by atomic mass is 32.2. The lowest BCUT2D eigenvalue weighted by Crippen LogP contribution is -2.27. The van der Waals surface area contributed by atoms with Gasteiger partial charge in [-0.05, 0) is 49.4 Å². The van der Waals surface area contributed by atoms with E-state index in [1.807, 2.05) is 78.5 Å². The largest absolute Gasteiger partial charge is 0.497 e. The number of ether oxygens (including phenoxy) is 1. The number of aromatic nitrogens is 2. The van der Waals surface area contributed by atoms with Crippen molar-refractivity contribution in [2.24, 2.45) is 0 Å². The number of thiocarbonyl (C=S) groups is 1. The quantitative estimate of drug-likeness (QED) is 0.439. The summed E-state index contributed by atoms with van der Waals surface area (Å²) >= 11 is 6.67. The van der Waals surface area contributed by atoms with Crippen molar-refractivity contribution in [1.82, 2.24) is 14.7 Å². The van der Waals surface area contributed by atoms with Gasteiger partial charge in [-0.1, -0.05) is 42.2 Å². The molecule has 1 aromatic heterocycles. The summed E-state index contributed by atoms with van der Waals surface area (Å²) in [6.45, 7) is 2.49. The Labute approximate surface area is 179 Å². The molecule has 29 heavy (non-hydrogen) atoms. The highest BCUT2D eigenvalue weighted by Gasteiger charge is 2.31. The zero-order valence-electron chi connectivity index (χ0n) is 16.0. The second kappa shape index (κ2) is 8.23. The maximum Gasteiger partial charge on any atom is 0.266 e. The molecule has 0 unspecified atom stereocenters. The van der Waals surface area contributed by atoms with E-state index in [2.05, 4.69) is 0 Å². The summed E-state index contributed by atoms with van der Waals surface area (Å²) in [6.07, 6.45) is 3.81. The van der Waals surface area contributed by atoms with E-state index in [-0.39, 0.29) is 5.91 Å². The lowest BCUT2D eigenvalue weighted by Gasteiger charge is -2.09. The van der Waals surface area contributed by atoms with Gasteiger partial charge < -0.3 is 4.74 Å². The molecule has 1 amide bonds. The van der Waals surface area contributed by atoms with Gasteiger partial charge >= 0.3 is 0 Å². The van der Waals surface area contributed by atoms with Crippen molar-refractivity contribution in [3.63, 3.8) is 0 Å². The van der Waals surface area contributed by atoms with Gasteiger partial charge in [0.15, 0.2) is 0 Å². The van der Waals surface area contributed by atoms with Gasteiger partial charge in [0.05, 0.1) is 23.4 Å². The molecule has 1 fully saturated rings. The van der Waals surface area contributed by atoms with Crippen LogP contribution in [0.25, 0.3) is 23.0 Å². The van der Waals surface area contributed by atoms with Crippen LogP contribution in [-0.2, 0) is 4.79 Å². The number of carbonyl (C=O) groups is 1. The van der Waals surface area contributed by atoms with Crippen LogP contribution in [0.3, 0.4) is 0 Å². The molecule has 1 saturated heterocycles. The number of carbonyl (C=O) groups excluding carboxylic acids is 1. The SMILES string of the molecule is CCN1C(=O)/C(=C\c2cn(-c3ccccc3)nc2-c2ccc(OC)cc2)SC1=S. The predicted octanol–water partition coefficient (Wildman–Crippen LogP) is 4.77. The maximum absolute atomic E-state index is 12.7. The molecular formula is C22H19N3O2S2. The number of hydrogen-bond acceptors (Lipinski definition) is 5. The summed E-state index contributed by atoms with van der Waals surface area (Å²) in [5.41, 5.74) is 3.54. The van der Waals surface area contributed by atoms with Gasteiger partial charge in [0.2, 0.25) is 0 Å². The number of amides is 1. The summed E-state index contributed by atoms with van der Waals surface area (Å²) in [6, 6.07) is 17.6. The second-order valence-electron chi connectivity index (χ2n) is 6.37. The number of likely N-dealkylation sites (N-methyl/N-ethyl adjacent to an activating group) is 1. The van der Waals surface area contributed by atoms with Gasteiger partial charge in [-0.15, -0.1) is 0 Å². The Morgan fingerprint density at radius 1 is 1.14 bits per heavy atom. The first-order chi connectivity index (χ1) is 14.1. The fourth-order valence-electron chi connectivity index (χ4n) is 3.09. The van der Waals surface area contributed by atoms with Crippen molar-refractivity contribution in [2.45, 2.75) is 6.92 Å². The number of methoxy groups -OCH3 is 1. The smallest absolute Gasteiger partial charge is 0.266 e. The second-order valence-corrected chi connectivity index (χ2v) is 8.04. The van der Waals surface area contributed by atoms with Crippen LogP contribution in [0.2, 0.25) is 0 Å². The van der Waals surface area contributed by atoms with Crippen molar-refractivity contribution in [3.05, 3.63) is 71.3 Å². The molecule has 0 bridgehead atoms. The number of thioether (sulfide) groups is 1. The molecule has 0 radical (unpaired) electrons. The van der Waals surface area contributed by atoms with Crippen LogP contribution >= 0.6 is 24.0 Å². The van der Waals surface area contributed by atoms with Crippen LogP contribution in [0, 0.1) is 0 Å². The minimum Gasteiger partial charge on any atom is -0.497 e. The normalized spacial score (nSPS) is 15.4. The van der Waals surface area contributed by atoms with E-state index in [1.54, 1.807) is 12.0 Å². The Kier molecular flexibility index (Phi) is 5.51. The first kappa shape index (κ1) is 19.4. The highest BCUT2D eigenvalue weighted by molar-refractivity contribution is 8.26. The summed E-state index contributed by atoms with van der Waals surface area (Å²) in [5, 5.41) is 4.80. The first-order valence-electron chi connectivity index (χ1n) is 9.15. The maximum atomic E-state index is 12.7. The van der Waals surface area contributed by atoms with Crippen LogP contribution in [-0.4, -0.2) is 38.6 Å². The molecule has 5 nitrogen and oxygen atoms in total. The molecule has 7 heteroatoms. The van der Waals surface area contributed by atoms with Crippen LogP contribution in [0.4, 0.5) is 0 Å². The van der Waals surface area contributed by atoms with E-state index in [9.17, 15) is 4.79 Å². The number of para-hydroxylation sites is 1. The van der Waals surface area contributed by atoms with Crippen LogP contribution < -0.4 is 4.74 Å². The topological polar surface area (TPSA) is 47.4 Å². The van der Waals surface area contributed by atoms with Gasteiger partial charge in [0.1, 0.15) is 10.1 Å². The molecule has 4 rings (SSSR count). The van der Waals surface area contributed by atoms with E-state index in [4.69, 9.17) is 22.1 Å². The average molecular weight is 422 g/mol. The fourth-order valence-corrected chi connectivity index (χ4v) is 4.47. The Balaban J connectivity index is 1.81. The molecule has 2 heterocycles. The van der Waals surface area contributed by atoms with Crippen molar-refractivity contribution in [3.8, 4) is 22.7 Å². The Morgan fingerprint density at radius 3 is 2.48 bits per heavy atom. The van der Waals surface area contributed by atoms with E-state index in [0.717, 1.165) is 28.3 Å². The lowest BCUT2D eigenvalue weighted by atomic mass is 10.1. The molecular weight excluding hydrogens is 402 g/mol. The Hall–Kier alpha value is -2.90. The van der Waals surface area contributed by atoms with Gasteiger partial charge in [0, 0.05) is 23.9 Å². The monoisotopic (exact) mass is 421 g/mol. The van der Waals surface area contributed by atoms with Crippen molar-refractivity contribution >= 4 is 40.3 Å². The number of nitrogens with zero attached hydrogens (tertiary/aromatic N) is 3. The first-order valence-corrected chi connectivity index (χ1v) is 10.4. The number of hydrogen-bond donors (Lipinski definition) is 0. The third kappa shape index (κ3) is 3.83. The third-order valence-electron chi connectivity index (χ3n) is 4.60.